The Morgan fingerprint density at radius 3 is 1.88 bits per heavy atom. The normalized spacial score (nSPS) is 12.1. The minimum absolute atomic E-state index is 0.272. The van der Waals surface area contributed by atoms with Crippen LogP contribution >= 0.6 is 11.6 Å². The van der Waals surface area contributed by atoms with Gasteiger partial charge in [0.2, 0.25) is 0 Å². The molecule has 4 heteroatoms. The molecule has 1 atom stereocenters. The molecular formula is C38H35ClO3. The molecule has 0 aliphatic rings. The van der Waals surface area contributed by atoms with Crippen molar-refractivity contribution in [2.45, 2.75) is 25.0 Å². The summed E-state index contributed by atoms with van der Waals surface area (Å²) in [6.07, 6.45) is 2.84. The van der Waals surface area contributed by atoms with Crippen LogP contribution in [0.4, 0.5) is 0 Å². The Bertz CT molecular complexity index is 1520. The molecule has 0 bridgehead atoms. The number of hydrogen-bond acceptors (Lipinski definition) is 3. The Balaban J connectivity index is 1.24. The van der Waals surface area contributed by atoms with Gasteiger partial charge in [0.15, 0.2) is 0 Å². The first kappa shape index (κ1) is 29.2. The van der Waals surface area contributed by atoms with E-state index in [0.717, 1.165) is 44.9 Å². The van der Waals surface area contributed by atoms with Crippen molar-refractivity contribution in [2.24, 2.45) is 0 Å². The van der Waals surface area contributed by atoms with Crippen LogP contribution in [0.1, 0.15) is 39.6 Å². The van der Waals surface area contributed by atoms with Crippen LogP contribution in [0.3, 0.4) is 0 Å². The average Bonchev–Trinajstić information content (AvgIpc) is 3.05. The van der Waals surface area contributed by atoms with E-state index in [1.54, 1.807) is 0 Å². The van der Waals surface area contributed by atoms with Gasteiger partial charge in [-0.15, -0.1) is 11.6 Å². The standard InChI is InChI=1S/C38H35ClO3/c39-37(36-18-10-11-19-38(36)41-25-24-40-28-31-12-4-1-5-13-31)27-34(33-16-8-3-9-17-33)26-30-20-22-35(23-21-30)42-29-32-14-6-2-7-15-32/h1-23,26,37H,24-25,27-29H2/b34-26+. The third-order valence-electron chi connectivity index (χ3n) is 6.87. The van der Waals surface area contributed by atoms with Crippen molar-refractivity contribution in [2.75, 3.05) is 13.2 Å². The minimum atomic E-state index is -0.272. The molecule has 42 heavy (non-hydrogen) atoms. The lowest BCUT2D eigenvalue weighted by Crippen LogP contribution is -2.08. The third-order valence-corrected chi connectivity index (χ3v) is 7.26. The van der Waals surface area contributed by atoms with Gasteiger partial charge in [0.1, 0.15) is 24.7 Å². The molecule has 0 N–H and O–H groups in total. The first-order valence-corrected chi connectivity index (χ1v) is 14.7. The van der Waals surface area contributed by atoms with Crippen LogP contribution in [0.15, 0.2) is 140 Å². The number of allylic oxidation sites excluding steroid dienone is 1. The molecule has 0 spiro atoms. The minimum Gasteiger partial charge on any atom is -0.491 e. The smallest absolute Gasteiger partial charge is 0.124 e. The van der Waals surface area contributed by atoms with Gasteiger partial charge >= 0.3 is 0 Å². The molecule has 212 valence electrons. The summed E-state index contributed by atoms with van der Waals surface area (Å²) in [6, 6.07) is 46.9. The van der Waals surface area contributed by atoms with Crippen molar-refractivity contribution < 1.29 is 14.2 Å². The monoisotopic (exact) mass is 574 g/mol. The van der Waals surface area contributed by atoms with E-state index in [1.165, 1.54) is 0 Å². The Kier molecular flexibility index (Phi) is 10.9. The van der Waals surface area contributed by atoms with E-state index in [4.69, 9.17) is 25.8 Å². The molecule has 0 amide bonds. The van der Waals surface area contributed by atoms with Crippen LogP contribution in [0, 0.1) is 0 Å². The lowest BCUT2D eigenvalue weighted by atomic mass is 9.95. The van der Waals surface area contributed by atoms with Gasteiger partial charge in [-0.1, -0.05) is 127 Å². The zero-order valence-electron chi connectivity index (χ0n) is 23.6. The van der Waals surface area contributed by atoms with Gasteiger partial charge in [-0.2, -0.15) is 0 Å². The largest absolute Gasteiger partial charge is 0.491 e. The summed E-state index contributed by atoms with van der Waals surface area (Å²) in [5.41, 5.74) is 6.63. The van der Waals surface area contributed by atoms with Crippen LogP contribution in [0.5, 0.6) is 11.5 Å². The Morgan fingerprint density at radius 2 is 1.19 bits per heavy atom. The Hall–Kier alpha value is -4.31. The second-order valence-electron chi connectivity index (χ2n) is 9.98. The van der Waals surface area contributed by atoms with Gasteiger partial charge in [-0.3, -0.25) is 0 Å². The van der Waals surface area contributed by atoms with Crippen LogP contribution in [-0.4, -0.2) is 13.2 Å². The molecule has 5 rings (SSSR count). The molecule has 1 unspecified atom stereocenters. The topological polar surface area (TPSA) is 27.7 Å². The van der Waals surface area contributed by atoms with E-state index in [9.17, 15) is 0 Å². The molecule has 3 nitrogen and oxygen atoms in total. The molecule has 0 fully saturated rings. The van der Waals surface area contributed by atoms with Crippen molar-refractivity contribution in [1.29, 1.82) is 0 Å². The SMILES string of the molecule is ClC(C/C(=C\c1ccc(OCc2ccccc2)cc1)c1ccccc1)c1ccccc1OCCOCc1ccccc1. The summed E-state index contributed by atoms with van der Waals surface area (Å²) in [4.78, 5) is 0. The number of alkyl halides is 1. The first-order chi connectivity index (χ1) is 20.7. The van der Waals surface area contributed by atoms with E-state index in [-0.39, 0.29) is 5.38 Å². The average molecular weight is 575 g/mol. The van der Waals surface area contributed by atoms with E-state index in [2.05, 4.69) is 66.7 Å². The van der Waals surface area contributed by atoms with E-state index in [1.807, 2.05) is 78.9 Å². The molecule has 5 aromatic carbocycles. The predicted octanol–water partition coefficient (Wildman–Crippen LogP) is 9.77. The summed E-state index contributed by atoms with van der Waals surface area (Å²) in [5, 5.41) is -0.272. The van der Waals surface area contributed by atoms with Crippen molar-refractivity contribution in [3.05, 3.63) is 167 Å². The molecule has 0 saturated carbocycles. The van der Waals surface area contributed by atoms with Gasteiger partial charge in [0, 0.05) is 5.56 Å². The number of ether oxygens (including phenoxy) is 3. The number of halogens is 1. The fraction of sp³-hybridized carbons (Fsp3) is 0.158. The Labute approximate surface area is 254 Å². The zero-order chi connectivity index (χ0) is 28.8. The lowest BCUT2D eigenvalue weighted by Gasteiger charge is -2.18. The van der Waals surface area contributed by atoms with Gasteiger partial charge < -0.3 is 14.2 Å². The summed E-state index contributed by atoms with van der Waals surface area (Å²) in [6.45, 7) is 2.05. The van der Waals surface area contributed by atoms with Crippen LogP contribution in [0.2, 0.25) is 0 Å². The van der Waals surface area contributed by atoms with E-state index in [0.29, 0.717) is 32.8 Å². The van der Waals surface area contributed by atoms with Gasteiger partial charge in [0.05, 0.1) is 18.6 Å². The van der Waals surface area contributed by atoms with E-state index < -0.39 is 0 Å². The maximum absolute atomic E-state index is 7.09. The summed E-state index contributed by atoms with van der Waals surface area (Å²) in [5.74, 6) is 1.62. The van der Waals surface area contributed by atoms with Gasteiger partial charge in [-0.05, 0) is 52.4 Å². The van der Waals surface area contributed by atoms with Crippen LogP contribution in [-0.2, 0) is 18.0 Å². The first-order valence-electron chi connectivity index (χ1n) is 14.2. The molecule has 0 aliphatic heterocycles. The zero-order valence-corrected chi connectivity index (χ0v) is 24.3. The maximum Gasteiger partial charge on any atom is 0.124 e. The molecule has 5 aromatic rings. The highest BCUT2D eigenvalue weighted by Gasteiger charge is 2.17. The molecule has 0 saturated heterocycles. The number of hydrogen-bond donors (Lipinski definition) is 0. The quantitative estimate of drug-likeness (QED) is 0.0750. The summed E-state index contributed by atoms with van der Waals surface area (Å²) in [7, 11) is 0. The molecule has 0 aromatic heterocycles. The van der Waals surface area contributed by atoms with Crippen molar-refractivity contribution in [1.82, 2.24) is 0 Å². The molecule has 0 radical (unpaired) electrons. The van der Waals surface area contributed by atoms with Crippen LogP contribution in [0.25, 0.3) is 11.6 Å². The lowest BCUT2D eigenvalue weighted by molar-refractivity contribution is 0.0886. The highest BCUT2D eigenvalue weighted by Crippen LogP contribution is 2.37. The van der Waals surface area contributed by atoms with Crippen molar-refractivity contribution in [3.8, 4) is 11.5 Å². The Morgan fingerprint density at radius 1 is 0.595 bits per heavy atom. The summed E-state index contributed by atoms with van der Waals surface area (Å²) >= 11 is 7.09. The van der Waals surface area contributed by atoms with Crippen molar-refractivity contribution in [3.63, 3.8) is 0 Å². The number of para-hydroxylation sites is 1. The fourth-order valence-corrected chi connectivity index (χ4v) is 5.01. The molecule has 0 aliphatic carbocycles. The molecular weight excluding hydrogens is 540 g/mol. The second kappa shape index (κ2) is 15.6. The predicted molar refractivity (Wildman–Crippen MR) is 173 cm³/mol. The highest BCUT2D eigenvalue weighted by atomic mass is 35.5. The maximum atomic E-state index is 7.09. The van der Waals surface area contributed by atoms with Crippen molar-refractivity contribution >= 4 is 23.3 Å². The second-order valence-corrected chi connectivity index (χ2v) is 10.5. The molecule has 0 heterocycles. The highest BCUT2D eigenvalue weighted by molar-refractivity contribution is 6.21. The number of rotatable bonds is 14. The third kappa shape index (κ3) is 8.84. The fourth-order valence-electron chi connectivity index (χ4n) is 4.66. The van der Waals surface area contributed by atoms with Crippen LogP contribution < -0.4 is 9.47 Å². The van der Waals surface area contributed by atoms with Gasteiger partial charge in [0.25, 0.3) is 0 Å². The summed E-state index contributed by atoms with van der Waals surface area (Å²) < 4.78 is 17.9. The van der Waals surface area contributed by atoms with E-state index >= 15 is 0 Å². The number of benzene rings is 5. The van der Waals surface area contributed by atoms with Gasteiger partial charge in [-0.25, -0.2) is 0 Å².